The lowest BCUT2D eigenvalue weighted by atomic mass is 10.0. The zero-order chi connectivity index (χ0) is 18.3. The molecule has 3 saturated heterocycles. The highest BCUT2D eigenvalue weighted by molar-refractivity contribution is 6.22. The maximum absolute atomic E-state index is 12.8. The van der Waals surface area contributed by atoms with Crippen molar-refractivity contribution in [2.75, 3.05) is 31.2 Å². The van der Waals surface area contributed by atoms with Gasteiger partial charge in [-0.2, -0.15) is 0 Å². The van der Waals surface area contributed by atoms with E-state index >= 15 is 0 Å². The van der Waals surface area contributed by atoms with Crippen LogP contribution in [0.2, 0.25) is 0 Å². The van der Waals surface area contributed by atoms with Gasteiger partial charge in [-0.05, 0) is 6.07 Å². The Kier molecular flexibility index (Phi) is 4.22. The quantitative estimate of drug-likeness (QED) is 0.451. The van der Waals surface area contributed by atoms with Gasteiger partial charge in [0.1, 0.15) is 0 Å². The number of carbonyl (C=O) groups is 2. The highest BCUT2D eigenvalue weighted by Gasteiger charge is 2.47. The van der Waals surface area contributed by atoms with Crippen molar-refractivity contribution in [1.82, 2.24) is 4.90 Å². The van der Waals surface area contributed by atoms with Crippen LogP contribution >= 0.6 is 0 Å². The molecule has 3 aliphatic heterocycles. The molecule has 3 fully saturated rings. The predicted octanol–water partition coefficient (Wildman–Crippen LogP) is 1.07. The maximum atomic E-state index is 12.8. The fourth-order valence-electron chi connectivity index (χ4n) is 3.88. The van der Waals surface area contributed by atoms with E-state index in [0.29, 0.717) is 39.1 Å². The molecule has 1 atom stereocenters. The number of rotatable bonds is 3. The molecule has 0 saturated carbocycles. The number of anilines is 1. The van der Waals surface area contributed by atoms with Crippen LogP contribution in [0.5, 0.6) is 0 Å². The van der Waals surface area contributed by atoms with Gasteiger partial charge in [0.05, 0.1) is 36.3 Å². The van der Waals surface area contributed by atoms with E-state index in [-0.39, 0.29) is 29.6 Å². The van der Waals surface area contributed by atoms with Crippen molar-refractivity contribution in [3.63, 3.8) is 0 Å². The number of likely N-dealkylation sites (tertiary alicyclic amines) is 1. The number of hydrogen-bond acceptors (Lipinski definition) is 7. The number of piperidine rings is 1. The summed E-state index contributed by atoms with van der Waals surface area (Å²) in [7, 11) is 0. The molecule has 26 heavy (non-hydrogen) atoms. The molecule has 3 aliphatic rings. The van der Waals surface area contributed by atoms with Crippen LogP contribution in [0.15, 0.2) is 24.3 Å². The first-order valence-corrected chi connectivity index (χ1v) is 8.62. The van der Waals surface area contributed by atoms with Crippen molar-refractivity contribution < 1.29 is 24.0 Å². The molecule has 0 N–H and O–H groups in total. The van der Waals surface area contributed by atoms with Gasteiger partial charge in [-0.25, -0.2) is 4.90 Å². The number of ether oxygens (including phenoxy) is 2. The van der Waals surface area contributed by atoms with E-state index in [2.05, 4.69) is 0 Å². The molecule has 0 unspecified atom stereocenters. The smallest absolute Gasteiger partial charge is 0.271 e. The molecule has 0 radical (unpaired) electrons. The van der Waals surface area contributed by atoms with Gasteiger partial charge in [-0.3, -0.25) is 24.6 Å². The number of imide groups is 1. The van der Waals surface area contributed by atoms with Crippen LogP contribution in [0.3, 0.4) is 0 Å². The Morgan fingerprint density at radius 3 is 2.50 bits per heavy atom. The number of nitro benzene ring substituents is 1. The van der Waals surface area contributed by atoms with Crippen molar-refractivity contribution in [3.8, 4) is 0 Å². The number of nitrogens with zero attached hydrogens (tertiary/aromatic N) is 3. The number of non-ortho nitro benzene ring substituents is 1. The normalized spacial score (nSPS) is 26.0. The van der Waals surface area contributed by atoms with Crippen molar-refractivity contribution in [1.29, 1.82) is 0 Å². The van der Waals surface area contributed by atoms with E-state index in [4.69, 9.17) is 9.47 Å². The Bertz CT molecular complexity index is 751. The van der Waals surface area contributed by atoms with Gasteiger partial charge in [0.2, 0.25) is 5.91 Å². The molecular formula is C17H19N3O6. The third kappa shape index (κ3) is 2.87. The van der Waals surface area contributed by atoms with E-state index in [1.165, 1.54) is 24.3 Å². The summed E-state index contributed by atoms with van der Waals surface area (Å²) in [6.07, 6.45) is 1.39. The minimum Gasteiger partial charge on any atom is -0.347 e. The molecule has 138 valence electrons. The molecule has 9 nitrogen and oxygen atoms in total. The van der Waals surface area contributed by atoms with E-state index in [9.17, 15) is 19.7 Å². The molecule has 1 aromatic carbocycles. The maximum Gasteiger partial charge on any atom is 0.271 e. The number of hydrogen-bond donors (Lipinski definition) is 0. The van der Waals surface area contributed by atoms with Crippen LogP contribution in [0, 0.1) is 10.1 Å². The summed E-state index contributed by atoms with van der Waals surface area (Å²) < 4.78 is 11.4. The third-order valence-electron chi connectivity index (χ3n) is 5.24. The molecule has 3 heterocycles. The highest BCUT2D eigenvalue weighted by Crippen LogP contribution is 2.34. The number of benzene rings is 1. The second-order valence-corrected chi connectivity index (χ2v) is 6.71. The molecule has 0 aliphatic carbocycles. The molecule has 0 bridgehead atoms. The number of nitro groups is 1. The Labute approximate surface area is 149 Å². The summed E-state index contributed by atoms with van der Waals surface area (Å²) in [6.45, 7) is 2.38. The second-order valence-electron chi connectivity index (χ2n) is 6.71. The summed E-state index contributed by atoms with van der Waals surface area (Å²) in [5, 5.41) is 11.0. The van der Waals surface area contributed by atoms with Gasteiger partial charge in [-0.1, -0.05) is 6.07 Å². The minimum absolute atomic E-state index is 0.0796. The first-order valence-electron chi connectivity index (χ1n) is 8.62. The van der Waals surface area contributed by atoms with Crippen LogP contribution in [0.1, 0.15) is 19.3 Å². The van der Waals surface area contributed by atoms with Crippen molar-refractivity contribution >= 4 is 23.2 Å². The zero-order valence-electron chi connectivity index (χ0n) is 14.1. The Morgan fingerprint density at radius 2 is 1.85 bits per heavy atom. The standard InChI is InChI=1S/C17H19N3O6/c21-15-11-14(18-6-4-17(5-7-18)25-8-9-26-17)16(22)19(15)12-2-1-3-13(10-12)20(23)24/h1-3,10,14H,4-9,11H2/t14-/m1/s1. The van der Waals surface area contributed by atoms with Crippen LogP contribution in [0.25, 0.3) is 0 Å². The fourth-order valence-corrected chi connectivity index (χ4v) is 3.88. The van der Waals surface area contributed by atoms with Crippen molar-refractivity contribution in [2.24, 2.45) is 0 Å². The van der Waals surface area contributed by atoms with Crippen LogP contribution < -0.4 is 4.90 Å². The van der Waals surface area contributed by atoms with E-state index < -0.39 is 16.8 Å². The summed E-state index contributed by atoms with van der Waals surface area (Å²) in [4.78, 5) is 38.7. The average Bonchev–Trinajstić information content (AvgIpc) is 3.20. The number of amides is 2. The fraction of sp³-hybridized carbons (Fsp3) is 0.529. The summed E-state index contributed by atoms with van der Waals surface area (Å²) in [6, 6.07) is 5.05. The van der Waals surface area contributed by atoms with Gasteiger partial charge < -0.3 is 9.47 Å². The zero-order valence-corrected chi connectivity index (χ0v) is 14.1. The Hall–Kier alpha value is -2.36. The Balaban J connectivity index is 1.49. The lowest BCUT2D eigenvalue weighted by Crippen LogP contribution is -2.51. The topological polar surface area (TPSA) is 102 Å². The van der Waals surface area contributed by atoms with Crippen LogP contribution in [-0.2, 0) is 19.1 Å². The van der Waals surface area contributed by atoms with E-state index in [1.807, 2.05) is 4.90 Å². The molecule has 2 amide bonds. The molecule has 0 aromatic heterocycles. The van der Waals surface area contributed by atoms with Gasteiger partial charge in [0.25, 0.3) is 11.6 Å². The first kappa shape index (κ1) is 17.1. The van der Waals surface area contributed by atoms with Crippen LogP contribution in [-0.4, -0.2) is 59.8 Å². The monoisotopic (exact) mass is 361 g/mol. The van der Waals surface area contributed by atoms with Gasteiger partial charge in [0.15, 0.2) is 5.79 Å². The van der Waals surface area contributed by atoms with E-state index in [1.54, 1.807) is 0 Å². The third-order valence-corrected chi connectivity index (χ3v) is 5.24. The summed E-state index contributed by atoms with van der Waals surface area (Å²) in [5.74, 6) is -1.21. The highest BCUT2D eigenvalue weighted by atomic mass is 16.7. The van der Waals surface area contributed by atoms with E-state index in [0.717, 1.165) is 4.90 Å². The van der Waals surface area contributed by atoms with Crippen molar-refractivity contribution in [3.05, 3.63) is 34.4 Å². The predicted molar refractivity (Wildman–Crippen MR) is 89.4 cm³/mol. The minimum atomic E-state index is -0.544. The molecule has 1 spiro atoms. The largest absolute Gasteiger partial charge is 0.347 e. The number of carbonyl (C=O) groups excluding carboxylic acids is 2. The first-order chi connectivity index (χ1) is 12.5. The SMILES string of the molecule is O=C1C[C@@H](N2CCC3(CC2)OCCO3)C(=O)N1c1cccc([N+](=O)[O-])c1. The van der Waals surface area contributed by atoms with Gasteiger partial charge >= 0.3 is 0 Å². The Morgan fingerprint density at radius 1 is 1.15 bits per heavy atom. The second kappa shape index (κ2) is 6.42. The van der Waals surface area contributed by atoms with Crippen LogP contribution in [0.4, 0.5) is 11.4 Å². The molecule has 1 aromatic rings. The lowest BCUT2D eigenvalue weighted by Gasteiger charge is -2.39. The summed E-state index contributed by atoms with van der Waals surface area (Å²) >= 11 is 0. The molecule has 4 rings (SSSR count). The molecule has 9 heteroatoms. The van der Waals surface area contributed by atoms with Gasteiger partial charge in [-0.15, -0.1) is 0 Å². The lowest BCUT2D eigenvalue weighted by molar-refractivity contribution is -0.384. The summed E-state index contributed by atoms with van der Waals surface area (Å²) in [5.41, 5.74) is 0.0923. The molecular weight excluding hydrogens is 342 g/mol. The van der Waals surface area contributed by atoms with Crippen molar-refractivity contribution in [2.45, 2.75) is 31.1 Å². The van der Waals surface area contributed by atoms with Gasteiger partial charge in [0, 0.05) is 38.1 Å². The average molecular weight is 361 g/mol.